The van der Waals surface area contributed by atoms with Crippen molar-refractivity contribution in [2.45, 2.75) is 6.18 Å². The Bertz CT molecular complexity index is 1380. The van der Waals surface area contributed by atoms with Gasteiger partial charge in [-0.05, 0) is 40.7 Å². The molecule has 34 heavy (non-hydrogen) atoms. The van der Waals surface area contributed by atoms with E-state index in [1.807, 2.05) is 0 Å². The van der Waals surface area contributed by atoms with Crippen LogP contribution < -0.4 is 4.90 Å². The van der Waals surface area contributed by atoms with E-state index in [2.05, 4.69) is 9.73 Å². The number of carbonyl (C=O) groups excluding carboxylic acids is 3. The van der Waals surface area contributed by atoms with Crippen LogP contribution >= 0.6 is 11.8 Å². The normalized spacial score (nSPS) is 16.5. The molecule has 0 spiro atoms. The van der Waals surface area contributed by atoms with Gasteiger partial charge in [0.25, 0.3) is 11.8 Å². The van der Waals surface area contributed by atoms with Crippen LogP contribution in [-0.2, 0) is 20.5 Å². The lowest BCUT2D eigenvalue weighted by Crippen LogP contribution is -2.31. The maximum absolute atomic E-state index is 13.7. The molecule has 1 aliphatic heterocycles. The molecular weight excluding hydrogens is 469 g/mol. The maximum atomic E-state index is 13.7. The Balaban J connectivity index is 1.86. The van der Waals surface area contributed by atoms with Gasteiger partial charge in [0.1, 0.15) is 0 Å². The van der Waals surface area contributed by atoms with Gasteiger partial charge in [0.15, 0.2) is 5.17 Å². The summed E-state index contributed by atoms with van der Waals surface area (Å²) in [6, 6.07) is 16.5. The number of amides is 2. The molecule has 1 heterocycles. The molecule has 2 amide bonds. The Morgan fingerprint density at radius 3 is 2.41 bits per heavy atom. The fourth-order valence-electron chi connectivity index (χ4n) is 3.39. The molecule has 0 unspecified atom stereocenters. The van der Waals surface area contributed by atoms with E-state index in [0.717, 1.165) is 30.7 Å². The van der Waals surface area contributed by atoms with Crippen molar-refractivity contribution < 1.29 is 32.3 Å². The largest absolute Gasteiger partial charge is 0.466 e. The first-order chi connectivity index (χ1) is 16.2. The number of esters is 1. The van der Waals surface area contributed by atoms with E-state index >= 15 is 0 Å². The standard InChI is InChI=1S/C24H15F3N2O4S/c1-33-20(30)13-19-22(32)29(18-12-5-4-11-17(18)24(25,26)27)23(34-19)28-21(31)16-10-6-8-14-7-2-3-9-15(14)16/h2-13H,1H3/b19-13-,28-23?. The summed E-state index contributed by atoms with van der Waals surface area (Å²) < 4.78 is 45.6. The number of halogens is 3. The molecular formula is C24H15F3N2O4S. The van der Waals surface area contributed by atoms with E-state index in [1.165, 1.54) is 18.2 Å². The van der Waals surface area contributed by atoms with Crippen molar-refractivity contribution in [3.05, 3.63) is 88.8 Å². The van der Waals surface area contributed by atoms with Gasteiger partial charge in [-0.2, -0.15) is 18.2 Å². The third-order valence-corrected chi connectivity index (χ3v) is 5.89. The van der Waals surface area contributed by atoms with Gasteiger partial charge in [-0.1, -0.05) is 48.5 Å². The van der Waals surface area contributed by atoms with Crippen molar-refractivity contribution in [3.63, 3.8) is 0 Å². The molecule has 0 bridgehead atoms. The molecule has 1 saturated heterocycles. The fourth-order valence-corrected chi connectivity index (χ4v) is 4.33. The Hall–Kier alpha value is -3.92. The summed E-state index contributed by atoms with van der Waals surface area (Å²) in [6.45, 7) is 0. The molecule has 4 rings (SSSR count). The van der Waals surface area contributed by atoms with Crippen molar-refractivity contribution in [2.24, 2.45) is 4.99 Å². The molecule has 10 heteroatoms. The van der Waals surface area contributed by atoms with Gasteiger partial charge in [-0.3, -0.25) is 14.5 Å². The minimum absolute atomic E-state index is 0.216. The first-order valence-electron chi connectivity index (χ1n) is 9.79. The molecule has 0 N–H and O–H groups in total. The van der Waals surface area contributed by atoms with Crippen LogP contribution in [0.4, 0.5) is 18.9 Å². The predicted octanol–water partition coefficient (Wildman–Crippen LogP) is 5.19. The van der Waals surface area contributed by atoms with Crippen LogP contribution in [0, 0.1) is 0 Å². The summed E-state index contributed by atoms with van der Waals surface area (Å²) in [5.74, 6) is -2.56. The smallest absolute Gasteiger partial charge is 0.418 e. The highest BCUT2D eigenvalue weighted by Gasteiger charge is 2.42. The Labute approximate surface area is 195 Å². The van der Waals surface area contributed by atoms with Gasteiger partial charge in [-0.15, -0.1) is 0 Å². The average Bonchev–Trinajstić information content (AvgIpc) is 3.12. The van der Waals surface area contributed by atoms with E-state index in [4.69, 9.17) is 0 Å². The second-order valence-electron chi connectivity index (χ2n) is 7.02. The van der Waals surface area contributed by atoms with E-state index in [9.17, 15) is 27.6 Å². The summed E-state index contributed by atoms with van der Waals surface area (Å²) in [6.07, 6.45) is -3.93. The number of rotatable bonds is 3. The number of anilines is 1. The number of nitrogens with zero attached hydrogens (tertiary/aromatic N) is 2. The molecule has 6 nitrogen and oxygen atoms in total. The predicted molar refractivity (Wildman–Crippen MR) is 122 cm³/mol. The van der Waals surface area contributed by atoms with Crippen molar-refractivity contribution in [1.29, 1.82) is 0 Å². The molecule has 1 aliphatic rings. The number of para-hydroxylation sites is 1. The average molecular weight is 484 g/mol. The van der Waals surface area contributed by atoms with Crippen molar-refractivity contribution in [1.82, 2.24) is 0 Å². The van der Waals surface area contributed by atoms with E-state index in [-0.39, 0.29) is 15.6 Å². The summed E-state index contributed by atoms with van der Waals surface area (Å²) >= 11 is 0.612. The number of fused-ring (bicyclic) bond motifs is 1. The highest BCUT2D eigenvalue weighted by Crippen LogP contribution is 2.42. The van der Waals surface area contributed by atoms with Crippen molar-refractivity contribution in [3.8, 4) is 0 Å². The van der Waals surface area contributed by atoms with Crippen LogP contribution in [0.3, 0.4) is 0 Å². The minimum Gasteiger partial charge on any atom is -0.466 e. The van der Waals surface area contributed by atoms with Crippen LogP contribution in [0.15, 0.2) is 82.7 Å². The third-order valence-electron chi connectivity index (χ3n) is 4.92. The van der Waals surface area contributed by atoms with Gasteiger partial charge in [0.05, 0.1) is 23.3 Å². The lowest BCUT2D eigenvalue weighted by Gasteiger charge is -2.20. The SMILES string of the molecule is COC(=O)/C=C1\SC(=NC(=O)c2cccc3ccccc23)N(c2ccccc2C(F)(F)F)C1=O. The molecule has 172 valence electrons. The molecule has 0 saturated carbocycles. The molecule has 3 aromatic carbocycles. The minimum atomic E-state index is -4.78. The zero-order valence-electron chi connectivity index (χ0n) is 17.5. The topological polar surface area (TPSA) is 76.0 Å². The first-order valence-corrected chi connectivity index (χ1v) is 10.6. The number of hydrogen-bond donors (Lipinski definition) is 0. The number of alkyl halides is 3. The number of carbonyl (C=O) groups is 3. The monoisotopic (exact) mass is 484 g/mol. The summed E-state index contributed by atoms with van der Waals surface area (Å²) in [5, 5.41) is 1.06. The summed E-state index contributed by atoms with van der Waals surface area (Å²) in [4.78, 5) is 42.3. The Morgan fingerprint density at radius 1 is 1.00 bits per heavy atom. The highest BCUT2D eigenvalue weighted by molar-refractivity contribution is 8.19. The second-order valence-corrected chi connectivity index (χ2v) is 8.02. The highest BCUT2D eigenvalue weighted by atomic mass is 32.2. The van der Waals surface area contributed by atoms with Crippen molar-refractivity contribution in [2.75, 3.05) is 12.0 Å². The summed E-state index contributed by atoms with van der Waals surface area (Å²) in [7, 11) is 1.10. The van der Waals surface area contributed by atoms with E-state index in [1.54, 1.807) is 36.4 Å². The maximum Gasteiger partial charge on any atom is 0.418 e. The Kier molecular flexibility index (Phi) is 6.25. The lowest BCUT2D eigenvalue weighted by molar-refractivity contribution is -0.137. The van der Waals surface area contributed by atoms with Crippen LogP contribution in [0.25, 0.3) is 10.8 Å². The zero-order valence-corrected chi connectivity index (χ0v) is 18.3. The van der Waals surface area contributed by atoms with Crippen LogP contribution in [0.2, 0.25) is 0 Å². The molecule has 0 radical (unpaired) electrons. The first kappa shape index (κ1) is 23.2. The fraction of sp³-hybridized carbons (Fsp3) is 0.0833. The van der Waals surface area contributed by atoms with Crippen LogP contribution in [-0.4, -0.2) is 30.1 Å². The third kappa shape index (κ3) is 4.44. The molecule has 1 fully saturated rings. The number of benzene rings is 3. The van der Waals surface area contributed by atoms with Gasteiger partial charge in [0.2, 0.25) is 0 Å². The van der Waals surface area contributed by atoms with Crippen LogP contribution in [0.5, 0.6) is 0 Å². The van der Waals surface area contributed by atoms with Crippen LogP contribution in [0.1, 0.15) is 15.9 Å². The second kappa shape index (κ2) is 9.14. The van der Waals surface area contributed by atoms with E-state index in [0.29, 0.717) is 22.0 Å². The van der Waals surface area contributed by atoms with Gasteiger partial charge >= 0.3 is 12.1 Å². The molecule has 0 aliphatic carbocycles. The number of amidine groups is 1. The van der Waals surface area contributed by atoms with Gasteiger partial charge in [0, 0.05) is 11.6 Å². The van der Waals surface area contributed by atoms with Gasteiger partial charge < -0.3 is 4.74 Å². The zero-order chi connectivity index (χ0) is 24.5. The van der Waals surface area contributed by atoms with Gasteiger partial charge in [-0.25, -0.2) is 4.79 Å². The number of thioether (sulfide) groups is 1. The molecule has 0 aromatic heterocycles. The molecule has 0 atom stereocenters. The quantitative estimate of drug-likeness (QED) is 0.378. The Morgan fingerprint density at radius 2 is 1.68 bits per heavy atom. The number of ether oxygens (including phenoxy) is 1. The molecule has 3 aromatic rings. The number of hydrogen-bond acceptors (Lipinski definition) is 5. The van der Waals surface area contributed by atoms with E-state index < -0.39 is 35.2 Å². The number of methoxy groups -OCH3 is 1. The number of aliphatic imine (C=N–C) groups is 1. The summed E-state index contributed by atoms with van der Waals surface area (Å²) in [5.41, 5.74) is -1.38. The van der Waals surface area contributed by atoms with Crippen molar-refractivity contribution >= 4 is 51.2 Å². The lowest BCUT2D eigenvalue weighted by atomic mass is 10.0.